The maximum atomic E-state index is 10.7. The van der Waals surface area contributed by atoms with E-state index in [-0.39, 0.29) is 11.4 Å². The Kier molecular flexibility index (Phi) is 3.71. The van der Waals surface area contributed by atoms with E-state index in [1.54, 1.807) is 24.4 Å². The van der Waals surface area contributed by atoms with Crippen molar-refractivity contribution >= 4 is 23.1 Å². The fourth-order valence-electron chi connectivity index (χ4n) is 1.37. The van der Waals surface area contributed by atoms with Gasteiger partial charge in [0.2, 0.25) is 0 Å². The van der Waals surface area contributed by atoms with E-state index in [9.17, 15) is 20.2 Å². The molecule has 0 amide bonds. The van der Waals surface area contributed by atoms with Crippen LogP contribution in [0.15, 0.2) is 52.5 Å². The minimum Gasteiger partial charge on any atom is -0.258 e. The molecule has 7 nitrogen and oxygen atoms in total. The molecule has 0 unspecified atom stereocenters. The van der Waals surface area contributed by atoms with E-state index in [0.29, 0.717) is 9.92 Å². The summed E-state index contributed by atoms with van der Waals surface area (Å²) in [5, 5.41) is 22.1. The Morgan fingerprint density at radius 3 is 2.11 bits per heavy atom. The Balaban J connectivity index is 2.39. The number of benzene rings is 1. The van der Waals surface area contributed by atoms with E-state index in [1.807, 2.05) is 0 Å². The van der Waals surface area contributed by atoms with Crippen LogP contribution in [0.25, 0.3) is 0 Å². The van der Waals surface area contributed by atoms with Gasteiger partial charge in [0.25, 0.3) is 11.4 Å². The van der Waals surface area contributed by atoms with Crippen molar-refractivity contribution in [3.8, 4) is 0 Å². The highest BCUT2D eigenvalue weighted by Gasteiger charge is 2.17. The molecule has 19 heavy (non-hydrogen) atoms. The number of hydrogen-bond donors (Lipinski definition) is 0. The van der Waals surface area contributed by atoms with E-state index in [2.05, 4.69) is 4.98 Å². The normalized spacial score (nSPS) is 10.1. The number of nitro benzene ring substituents is 2. The van der Waals surface area contributed by atoms with Crippen LogP contribution in [0.3, 0.4) is 0 Å². The molecule has 1 aromatic carbocycles. The van der Waals surface area contributed by atoms with Gasteiger partial charge >= 0.3 is 0 Å². The molecule has 0 N–H and O–H groups in total. The Bertz CT molecular complexity index is 601. The van der Waals surface area contributed by atoms with Gasteiger partial charge in [0.15, 0.2) is 0 Å². The van der Waals surface area contributed by atoms with Crippen molar-refractivity contribution in [1.29, 1.82) is 0 Å². The molecule has 0 atom stereocenters. The Hall–Kier alpha value is -2.48. The molecule has 0 aliphatic carbocycles. The summed E-state index contributed by atoms with van der Waals surface area (Å²) in [5.41, 5.74) is -0.625. The van der Waals surface area contributed by atoms with E-state index < -0.39 is 9.85 Å². The Morgan fingerprint density at radius 1 is 1.00 bits per heavy atom. The summed E-state index contributed by atoms with van der Waals surface area (Å²) in [6.45, 7) is 0. The van der Waals surface area contributed by atoms with Gasteiger partial charge in [-0.25, -0.2) is 4.98 Å². The second-order valence-electron chi connectivity index (χ2n) is 3.47. The van der Waals surface area contributed by atoms with Crippen molar-refractivity contribution in [1.82, 2.24) is 4.98 Å². The highest BCUT2D eigenvalue weighted by atomic mass is 32.2. The van der Waals surface area contributed by atoms with Crippen LogP contribution in [-0.4, -0.2) is 14.8 Å². The first-order chi connectivity index (χ1) is 9.06. The zero-order valence-electron chi connectivity index (χ0n) is 9.42. The monoisotopic (exact) mass is 277 g/mol. The minimum atomic E-state index is -0.657. The van der Waals surface area contributed by atoms with Crippen molar-refractivity contribution in [3.05, 3.63) is 62.8 Å². The van der Waals surface area contributed by atoms with Crippen molar-refractivity contribution in [2.75, 3.05) is 0 Å². The standard InChI is InChI=1S/C11H7N3O4S/c15-13(16)8-5-9(14(17)18)7-10(6-8)19-11-3-1-2-4-12-11/h1-7H. The summed E-state index contributed by atoms with van der Waals surface area (Å²) in [6, 6.07) is 8.72. The molecule has 0 aliphatic rings. The van der Waals surface area contributed by atoms with E-state index in [1.165, 1.54) is 12.1 Å². The van der Waals surface area contributed by atoms with Gasteiger partial charge in [-0.05, 0) is 12.1 Å². The second-order valence-corrected chi connectivity index (χ2v) is 4.56. The first-order valence-corrected chi connectivity index (χ1v) is 5.90. The average molecular weight is 277 g/mol. The maximum Gasteiger partial charge on any atom is 0.277 e. The van der Waals surface area contributed by atoms with Crippen LogP contribution >= 0.6 is 11.8 Å². The molecule has 0 saturated carbocycles. The largest absolute Gasteiger partial charge is 0.277 e. The van der Waals surface area contributed by atoms with Gasteiger partial charge < -0.3 is 0 Å². The molecule has 1 heterocycles. The molecular weight excluding hydrogens is 270 g/mol. The van der Waals surface area contributed by atoms with Crippen LogP contribution < -0.4 is 0 Å². The first-order valence-electron chi connectivity index (χ1n) is 5.09. The summed E-state index contributed by atoms with van der Waals surface area (Å²) in [7, 11) is 0. The number of rotatable bonds is 4. The summed E-state index contributed by atoms with van der Waals surface area (Å²) in [5.74, 6) is 0. The van der Waals surface area contributed by atoms with E-state index >= 15 is 0 Å². The molecule has 96 valence electrons. The number of aromatic nitrogens is 1. The molecule has 2 aromatic rings. The third kappa shape index (κ3) is 3.26. The molecule has 8 heteroatoms. The molecule has 0 radical (unpaired) electrons. The van der Waals surface area contributed by atoms with Crippen LogP contribution in [0.1, 0.15) is 0 Å². The summed E-state index contributed by atoms with van der Waals surface area (Å²) >= 11 is 1.13. The fourth-order valence-corrected chi connectivity index (χ4v) is 2.23. The molecular formula is C11H7N3O4S. The highest BCUT2D eigenvalue weighted by molar-refractivity contribution is 7.99. The van der Waals surface area contributed by atoms with E-state index in [4.69, 9.17) is 0 Å². The molecule has 0 aliphatic heterocycles. The highest BCUT2D eigenvalue weighted by Crippen LogP contribution is 2.32. The lowest BCUT2D eigenvalue weighted by molar-refractivity contribution is -0.394. The van der Waals surface area contributed by atoms with Gasteiger partial charge in [-0.3, -0.25) is 20.2 Å². The lowest BCUT2D eigenvalue weighted by atomic mass is 10.3. The molecule has 0 spiro atoms. The Labute approximate surface area is 111 Å². The number of non-ortho nitro benzene ring substituents is 2. The lowest BCUT2D eigenvalue weighted by Gasteiger charge is -2.01. The van der Waals surface area contributed by atoms with Gasteiger partial charge in [-0.2, -0.15) is 0 Å². The van der Waals surface area contributed by atoms with E-state index in [0.717, 1.165) is 17.8 Å². The molecule has 0 saturated heterocycles. The zero-order valence-corrected chi connectivity index (χ0v) is 10.2. The number of nitro groups is 2. The van der Waals surface area contributed by atoms with Crippen LogP contribution in [0.4, 0.5) is 11.4 Å². The number of hydrogen-bond acceptors (Lipinski definition) is 6. The predicted octanol–water partition coefficient (Wildman–Crippen LogP) is 3.05. The van der Waals surface area contributed by atoms with Crippen LogP contribution in [-0.2, 0) is 0 Å². The first kappa shape index (κ1) is 13.0. The van der Waals surface area contributed by atoms with Gasteiger partial charge in [0, 0.05) is 23.2 Å². The van der Waals surface area contributed by atoms with Crippen molar-refractivity contribution in [2.24, 2.45) is 0 Å². The molecule has 0 fully saturated rings. The quantitative estimate of drug-likeness (QED) is 0.629. The Morgan fingerprint density at radius 2 is 1.63 bits per heavy atom. The van der Waals surface area contributed by atoms with Gasteiger partial charge in [-0.1, -0.05) is 17.8 Å². The number of pyridine rings is 1. The fraction of sp³-hybridized carbons (Fsp3) is 0. The van der Waals surface area contributed by atoms with Crippen molar-refractivity contribution < 1.29 is 9.85 Å². The lowest BCUT2D eigenvalue weighted by Crippen LogP contribution is -1.93. The predicted molar refractivity (Wildman–Crippen MR) is 68.1 cm³/mol. The van der Waals surface area contributed by atoms with Crippen LogP contribution in [0.2, 0.25) is 0 Å². The third-order valence-electron chi connectivity index (χ3n) is 2.16. The topological polar surface area (TPSA) is 99.2 Å². The maximum absolute atomic E-state index is 10.7. The minimum absolute atomic E-state index is 0.312. The zero-order chi connectivity index (χ0) is 13.8. The van der Waals surface area contributed by atoms with Crippen molar-refractivity contribution in [2.45, 2.75) is 9.92 Å². The number of nitrogens with zero attached hydrogens (tertiary/aromatic N) is 3. The summed E-state index contributed by atoms with van der Waals surface area (Å²) in [6.07, 6.45) is 1.58. The van der Waals surface area contributed by atoms with Gasteiger partial charge in [0.05, 0.1) is 15.9 Å². The van der Waals surface area contributed by atoms with Crippen molar-refractivity contribution in [3.63, 3.8) is 0 Å². The second kappa shape index (κ2) is 5.44. The van der Waals surface area contributed by atoms with Crippen LogP contribution in [0, 0.1) is 20.2 Å². The summed E-state index contributed by atoms with van der Waals surface area (Å²) < 4.78 is 0. The van der Waals surface area contributed by atoms with Crippen LogP contribution in [0.5, 0.6) is 0 Å². The summed E-state index contributed by atoms with van der Waals surface area (Å²) in [4.78, 5) is 24.6. The molecule has 0 bridgehead atoms. The molecule has 1 aromatic heterocycles. The molecule has 2 rings (SSSR count). The van der Waals surface area contributed by atoms with Gasteiger partial charge in [-0.15, -0.1) is 0 Å². The average Bonchev–Trinajstić information content (AvgIpc) is 2.39. The smallest absolute Gasteiger partial charge is 0.258 e. The SMILES string of the molecule is O=[N+]([O-])c1cc(Sc2ccccn2)cc([N+](=O)[O-])c1. The third-order valence-corrected chi connectivity index (χ3v) is 3.08. The van der Waals surface area contributed by atoms with Gasteiger partial charge in [0.1, 0.15) is 5.03 Å².